The Morgan fingerprint density at radius 1 is 1.07 bits per heavy atom. The number of aromatic nitrogens is 1. The number of sulfone groups is 1. The van der Waals surface area contributed by atoms with Crippen molar-refractivity contribution in [3.8, 4) is 0 Å². The number of nitrogens with zero attached hydrogens (tertiary/aromatic N) is 1. The lowest BCUT2D eigenvalue weighted by atomic mass is 10.2. The first-order valence-electron chi connectivity index (χ1n) is 8.79. The highest BCUT2D eigenvalue weighted by Crippen LogP contribution is 2.30. The largest absolute Gasteiger partial charge is 0.424 e. The van der Waals surface area contributed by atoms with E-state index in [0.29, 0.717) is 23.9 Å². The highest BCUT2D eigenvalue weighted by Gasteiger charge is 2.28. The van der Waals surface area contributed by atoms with Crippen LogP contribution in [0.2, 0.25) is 5.02 Å². The highest BCUT2D eigenvalue weighted by atomic mass is 35.5. The van der Waals surface area contributed by atoms with Crippen LogP contribution in [-0.4, -0.2) is 13.4 Å². The fourth-order valence-corrected chi connectivity index (χ4v) is 4.00. The van der Waals surface area contributed by atoms with Crippen LogP contribution >= 0.6 is 11.6 Å². The molecule has 0 fully saturated rings. The number of hydrogen-bond donors (Lipinski definition) is 1. The van der Waals surface area contributed by atoms with Crippen LogP contribution in [0.5, 0.6) is 0 Å². The van der Waals surface area contributed by atoms with Gasteiger partial charge in [-0.2, -0.15) is 4.98 Å². The zero-order valence-electron chi connectivity index (χ0n) is 15.0. The maximum atomic E-state index is 13.1. The molecule has 0 saturated carbocycles. The van der Waals surface area contributed by atoms with Crippen LogP contribution in [0.1, 0.15) is 31.2 Å². The molecule has 1 aromatic heterocycles. The zero-order chi connectivity index (χ0) is 19.3. The summed E-state index contributed by atoms with van der Waals surface area (Å²) in [6.07, 6.45) is 2.43. The Morgan fingerprint density at radius 3 is 2.44 bits per heavy atom. The third kappa shape index (κ3) is 4.70. The molecule has 3 aromatic rings. The van der Waals surface area contributed by atoms with Crippen molar-refractivity contribution in [2.45, 2.75) is 42.7 Å². The first-order valence-corrected chi connectivity index (χ1v) is 10.6. The Hall–Kier alpha value is -2.31. The molecule has 0 aliphatic heterocycles. The maximum absolute atomic E-state index is 13.1. The second-order valence-electron chi connectivity index (χ2n) is 6.14. The van der Waals surface area contributed by atoms with Gasteiger partial charge in [0.05, 0.1) is 4.90 Å². The molecule has 27 heavy (non-hydrogen) atoms. The first-order chi connectivity index (χ1) is 13.0. The Balaban J connectivity index is 1.94. The third-order valence-electron chi connectivity index (χ3n) is 4.06. The Labute approximate surface area is 164 Å². The molecule has 0 bridgehead atoms. The van der Waals surface area contributed by atoms with E-state index in [1.54, 1.807) is 12.1 Å². The summed E-state index contributed by atoms with van der Waals surface area (Å²) in [5.41, 5.74) is 1.01. The molecule has 1 N–H and O–H groups in total. The number of anilines is 1. The number of benzene rings is 2. The second-order valence-corrected chi connectivity index (χ2v) is 8.44. The van der Waals surface area contributed by atoms with Crippen molar-refractivity contribution in [3.05, 3.63) is 71.1 Å². The molecular weight excluding hydrogens is 384 g/mol. The number of nitrogens with one attached hydrogen (secondary N) is 1. The molecule has 142 valence electrons. The van der Waals surface area contributed by atoms with Crippen molar-refractivity contribution in [1.29, 1.82) is 0 Å². The lowest BCUT2D eigenvalue weighted by Crippen LogP contribution is -2.07. The molecular formula is C20H21ClN2O3S. The molecule has 2 aromatic carbocycles. The number of rotatable bonds is 8. The fraction of sp³-hybridized carbons (Fsp3) is 0.250. The maximum Gasteiger partial charge on any atom is 0.233 e. The molecule has 0 radical (unpaired) electrons. The van der Waals surface area contributed by atoms with Crippen LogP contribution in [0, 0.1) is 0 Å². The standard InChI is InChI=1S/C20H21ClN2O3S/c1-2-3-9-18-23-20(27(24,25)17-12-10-16(21)11-13-17)19(26-18)22-14-15-7-5-4-6-8-15/h4-8,10-13,22H,2-3,9,14H2,1H3. The van der Waals surface area contributed by atoms with Gasteiger partial charge in [-0.3, -0.25) is 0 Å². The lowest BCUT2D eigenvalue weighted by molar-refractivity contribution is 0.495. The molecule has 5 nitrogen and oxygen atoms in total. The number of oxazole rings is 1. The smallest absolute Gasteiger partial charge is 0.233 e. The second kappa shape index (κ2) is 8.59. The number of unbranched alkanes of at least 4 members (excludes halogenated alkanes) is 1. The van der Waals surface area contributed by atoms with E-state index in [1.807, 2.05) is 30.3 Å². The topological polar surface area (TPSA) is 72.2 Å². The van der Waals surface area contributed by atoms with E-state index in [9.17, 15) is 8.42 Å². The first kappa shape index (κ1) is 19.5. The van der Waals surface area contributed by atoms with Gasteiger partial charge < -0.3 is 9.73 Å². The van der Waals surface area contributed by atoms with Crippen molar-refractivity contribution >= 4 is 27.3 Å². The van der Waals surface area contributed by atoms with Gasteiger partial charge in [0.15, 0.2) is 5.89 Å². The molecule has 0 unspecified atom stereocenters. The van der Waals surface area contributed by atoms with Crippen LogP contribution in [0.25, 0.3) is 0 Å². The van der Waals surface area contributed by atoms with Crippen LogP contribution in [0.15, 0.2) is 68.9 Å². The summed E-state index contributed by atoms with van der Waals surface area (Å²) in [4.78, 5) is 4.41. The number of aryl methyl sites for hydroxylation is 1. The van der Waals surface area contributed by atoms with E-state index in [2.05, 4.69) is 17.2 Å². The fourth-order valence-electron chi connectivity index (χ4n) is 2.58. The summed E-state index contributed by atoms with van der Waals surface area (Å²) in [6.45, 7) is 2.50. The van der Waals surface area contributed by atoms with E-state index < -0.39 is 9.84 Å². The van der Waals surface area contributed by atoms with Gasteiger partial charge in [0.1, 0.15) is 0 Å². The SMILES string of the molecule is CCCCc1nc(S(=O)(=O)c2ccc(Cl)cc2)c(NCc2ccccc2)o1. The average Bonchev–Trinajstić information content (AvgIpc) is 3.10. The highest BCUT2D eigenvalue weighted by molar-refractivity contribution is 7.91. The quantitative estimate of drug-likeness (QED) is 0.564. The van der Waals surface area contributed by atoms with Crippen molar-refractivity contribution in [3.63, 3.8) is 0 Å². The summed E-state index contributed by atoms with van der Waals surface area (Å²) in [7, 11) is -3.82. The molecule has 0 spiro atoms. The van der Waals surface area contributed by atoms with E-state index in [-0.39, 0.29) is 15.8 Å². The van der Waals surface area contributed by atoms with Gasteiger partial charge in [-0.05, 0) is 36.2 Å². The van der Waals surface area contributed by atoms with Gasteiger partial charge >= 0.3 is 0 Å². The van der Waals surface area contributed by atoms with E-state index in [4.69, 9.17) is 16.0 Å². The minimum atomic E-state index is -3.82. The van der Waals surface area contributed by atoms with Crippen molar-refractivity contribution in [2.24, 2.45) is 0 Å². The van der Waals surface area contributed by atoms with E-state index in [0.717, 1.165) is 18.4 Å². The minimum Gasteiger partial charge on any atom is -0.424 e. The summed E-state index contributed by atoms with van der Waals surface area (Å²) >= 11 is 5.88. The monoisotopic (exact) mass is 404 g/mol. The van der Waals surface area contributed by atoms with Gasteiger partial charge in [-0.25, -0.2) is 8.42 Å². The Bertz CT molecular complexity index is 984. The van der Waals surface area contributed by atoms with Gasteiger partial charge in [-0.1, -0.05) is 55.3 Å². The molecule has 1 heterocycles. The average molecular weight is 405 g/mol. The van der Waals surface area contributed by atoms with Crippen LogP contribution in [-0.2, 0) is 22.8 Å². The molecule has 0 saturated heterocycles. The minimum absolute atomic E-state index is 0.0909. The van der Waals surface area contributed by atoms with Crippen molar-refractivity contribution in [1.82, 2.24) is 4.98 Å². The lowest BCUT2D eigenvalue weighted by Gasteiger charge is -2.06. The summed E-state index contributed by atoms with van der Waals surface area (Å²) in [5.74, 6) is 0.583. The Kier molecular flexibility index (Phi) is 6.19. The summed E-state index contributed by atoms with van der Waals surface area (Å²) < 4.78 is 31.9. The molecule has 0 amide bonds. The Morgan fingerprint density at radius 2 is 1.78 bits per heavy atom. The molecule has 3 rings (SSSR count). The summed E-state index contributed by atoms with van der Waals surface area (Å²) in [5, 5.41) is 3.46. The third-order valence-corrected chi connectivity index (χ3v) is 5.99. The van der Waals surface area contributed by atoms with E-state index >= 15 is 0 Å². The van der Waals surface area contributed by atoms with Crippen molar-refractivity contribution in [2.75, 3.05) is 5.32 Å². The molecule has 0 atom stereocenters. The van der Waals surface area contributed by atoms with E-state index in [1.165, 1.54) is 12.1 Å². The predicted molar refractivity (Wildman–Crippen MR) is 106 cm³/mol. The normalized spacial score (nSPS) is 11.5. The van der Waals surface area contributed by atoms with Gasteiger partial charge in [0, 0.05) is 18.0 Å². The predicted octanol–water partition coefficient (Wildman–Crippen LogP) is 5.12. The van der Waals surface area contributed by atoms with Crippen LogP contribution < -0.4 is 5.32 Å². The number of hydrogen-bond acceptors (Lipinski definition) is 5. The molecule has 7 heteroatoms. The van der Waals surface area contributed by atoms with Crippen LogP contribution in [0.3, 0.4) is 0 Å². The van der Waals surface area contributed by atoms with Crippen LogP contribution in [0.4, 0.5) is 5.88 Å². The molecule has 0 aliphatic rings. The van der Waals surface area contributed by atoms with Crippen molar-refractivity contribution < 1.29 is 12.8 Å². The zero-order valence-corrected chi connectivity index (χ0v) is 16.6. The molecule has 0 aliphatic carbocycles. The van der Waals surface area contributed by atoms with Gasteiger partial charge in [-0.15, -0.1) is 0 Å². The van der Waals surface area contributed by atoms with Gasteiger partial charge in [0.2, 0.25) is 20.7 Å². The summed E-state index contributed by atoms with van der Waals surface area (Å²) in [6, 6.07) is 15.7. The number of halogens is 1. The van der Waals surface area contributed by atoms with Gasteiger partial charge in [0.25, 0.3) is 0 Å².